The van der Waals surface area contributed by atoms with E-state index >= 15 is 0 Å². The molecule has 7 aliphatic rings. The van der Waals surface area contributed by atoms with Crippen molar-refractivity contribution in [1.82, 2.24) is 5.32 Å². The molecule has 0 aromatic rings. The van der Waals surface area contributed by atoms with Crippen molar-refractivity contribution in [1.29, 1.82) is 10.5 Å². The second-order valence-corrected chi connectivity index (χ2v) is 15.3. The maximum absolute atomic E-state index is 9.51. The zero-order valence-electron chi connectivity index (χ0n) is 24.1. The number of nitriles is 2. The van der Waals surface area contributed by atoms with Crippen molar-refractivity contribution >= 4 is 0 Å². The van der Waals surface area contributed by atoms with Crippen molar-refractivity contribution in [2.45, 2.75) is 128 Å². The molecule has 1 aliphatic heterocycles. The Balaban J connectivity index is 1.05. The molecule has 5 saturated carbocycles. The lowest BCUT2D eigenvalue weighted by molar-refractivity contribution is -0.0396. The summed E-state index contributed by atoms with van der Waals surface area (Å²) in [4.78, 5) is 0. The molecule has 4 nitrogen and oxygen atoms in total. The monoisotopic (exact) mass is 529 g/mol. The Morgan fingerprint density at radius 2 is 1.00 bits per heavy atom. The Morgan fingerprint density at radius 3 is 1.54 bits per heavy atom. The summed E-state index contributed by atoms with van der Waals surface area (Å²) >= 11 is 0. The Labute approximate surface area is 237 Å². The van der Waals surface area contributed by atoms with E-state index in [1.165, 1.54) is 96.3 Å². The van der Waals surface area contributed by atoms with Gasteiger partial charge in [0.15, 0.2) is 0 Å². The number of allylic oxidation sites excluding steroid dienone is 1. The van der Waals surface area contributed by atoms with Crippen LogP contribution in [0.25, 0.3) is 0 Å². The van der Waals surface area contributed by atoms with Gasteiger partial charge in [-0.2, -0.15) is 10.5 Å². The highest BCUT2D eigenvalue weighted by atomic mass is 16.5. The number of hydrogen-bond acceptors (Lipinski definition) is 4. The van der Waals surface area contributed by atoms with Gasteiger partial charge in [-0.15, -0.1) is 0 Å². The van der Waals surface area contributed by atoms with Gasteiger partial charge in [0.25, 0.3) is 0 Å². The average Bonchev–Trinajstić information content (AvgIpc) is 3.44. The number of hydrogen-bond donors (Lipinski definition) is 1. The maximum Gasteiger partial charge on any atom is 0.112 e. The number of fused-ring (bicyclic) bond motifs is 3. The van der Waals surface area contributed by atoms with Crippen molar-refractivity contribution in [3.63, 3.8) is 0 Å². The third-order valence-corrected chi connectivity index (χ3v) is 13.3. The lowest BCUT2D eigenvalue weighted by Crippen LogP contribution is -2.44. The highest BCUT2D eigenvalue weighted by Crippen LogP contribution is 2.54. The minimum atomic E-state index is 0.248. The summed E-state index contributed by atoms with van der Waals surface area (Å²) in [5.41, 5.74) is 0. The highest BCUT2D eigenvalue weighted by Gasteiger charge is 2.47. The lowest BCUT2D eigenvalue weighted by atomic mass is 9.56. The Hall–Kier alpha value is -1.36. The second kappa shape index (κ2) is 11.5. The van der Waals surface area contributed by atoms with Crippen LogP contribution in [0.15, 0.2) is 12.2 Å². The molecule has 0 aromatic carbocycles. The molecule has 7 rings (SSSR count). The molecular formula is C35H51N3O. The molecule has 13 unspecified atom stereocenters. The third kappa shape index (κ3) is 5.47. The highest BCUT2D eigenvalue weighted by molar-refractivity contribution is 5.07. The van der Waals surface area contributed by atoms with Crippen LogP contribution in [0.4, 0.5) is 0 Å². The molecule has 6 fully saturated rings. The summed E-state index contributed by atoms with van der Waals surface area (Å²) < 4.78 is 6.74. The first-order valence-electron chi connectivity index (χ1n) is 17.0. The largest absolute Gasteiger partial charge is 0.354 e. The minimum absolute atomic E-state index is 0.248. The van der Waals surface area contributed by atoms with Crippen LogP contribution in [0.5, 0.6) is 0 Å². The van der Waals surface area contributed by atoms with Crippen LogP contribution in [0.3, 0.4) is 0 Å². The van der Waals surface area contributed by atoms with Crippen LogP contribution in [0.2, 0.25) is 0 Å². The van der Waals surface area contributed by atoms with Crippen LogP contribution in [0.1, 0.15) is 109 Å². The van der Waals surface area contributed by atoms with E-state index in [-0.39, 0.29) is 6.23 Å². The molecule has 6 aliphatic carbocycles. The van der Waals surface area contributed by atoms with E-state index in [2.05, 4.69) is 29.6 Å². The van der Waals surface area contributed by atoms with Gasteiger partial charge in [0, 0.05) is 17.9 Å². The van der Waals surface area contributed by atoms with Gasteiger partial charge in [-0.3, -0.25) is 5.32 Å². The topological polar surface area (TPSA) is 68.8 Å². The van der Waals surface area contributed by atoms with E-state index in [1.54, 1.807) is 0 Å². The van der Waals surface area contributed by atoms with Crippen LogP contribution < -0.4 is 5.32 Å². The zero-order chi connectivity index (χ0) is 26.3. The standard InChI is InChI=1S/C35H51N3O/c36-20-22-5-7-26-15-28(11-9-24(26)13-22)30-17-31(29-12-10-25-14-23(21-37)6-8-27(25)16-29)19-32(18-30)35-38-33-3-1-2-4-34(33)39-35/h2,4,22-35,38H,1,3,5-19H2. The third-order valence-electron chi connectivity index (χ3n) is 13.3. The molecule has 4 heteroatoms. The van der Waals surface area contributed by atoms with Crippen LogP contribution in [-0.2, 0) is 4.74 Å². The maximum atomic E-state index is 9.51. The first kappa shape index (κ1) is 26.5. The summed E-state index contributed by atoms with van der Waals surface area (Å²) in [6, 6.07) is 5.71. The molecule has 39 heavy (non-hydrogen) atoms. The molecule has 0 radical (unpaired) electrons. The van der Waals surface area contributed by atoms with E-state index < -0.39 is 0 Å². The Morgan fingerprint density at radius 1 is 0.538 bits per heavy atom. The molecule has 1 N–H and O–H groups in total. The van der Waals surface area contributed by atoms with Gasteiger partial charge in [-0.05, 0) is 162 Å². The lowest BCUT2D eigenvalue weighted by Gasteiger charge is -2.49. The zero-order valence-corrected chi connectivity index (χ0v) is 24.1. The Bertz CT molecular complexity index is 921. The fourth-order valence-corrected chi connectivity index (χ4v) is 11.2. The quantitative estimate of drug-likeness (QED) is 0.379. The van der Waals surface area contributed by atoms with Gasteiger partial charge in [0.2, 0.25) is 0 Å². The van der Waals surface area contributed by atoms with Crippen LogP contribution in [-0.4, -0.2) is 18.4 Å². The van der Waals surface area contributed by atoms with Gasteiger partial charge < -0.3 is 4.74 Å². The van der Waals surface area contributed by atoms with Crippen molar-refractivity contribution < 1.29 is 4.74 Å². The molecule has 0 bridgehead atoms. The normalized spacial score (nSPS) is 51.5. The van der Waals surface area contributed by atoms with Crippen molar-refractivity contribution in [2.75, 3.05) is 0 Å². The van der Waals surface area contributed by atoms with Crippen molar-refractivity contribution in [3.8, 4) is 12.1 Å². The molecule has 0 spiro atoms. The number of nitrogens with zero attached hydrogens (tertiary/aromatic N) is 2. The summed E-state index contributed by atoms with van der Waals surface area (Å²) in [5.74, 6) is 8.22. The van der Waals surface area contributed by atoms with E-state index in [4.69, 9.17) is 4.74 Å². The van der Waals surface area contributed by atoms with E-state index in [9.17, 15) is 10.5 Å². The predicted molar refractivity (Wildman–Crippen MR) is 153 cm³/mol. The SMILES string of the molecule is N#CC1CCC2CC(C3CC(C4CCC5CC(C#N)CCC5C4)CC(C4NC5CCC=CC5O4)C3)CCC2C1. The van der Waals surface area contributed by atoms with Gasteiger partial charge in [0.05, 0.1) is 18.2 Å². The van der Waals surface area contributed by atoms with E-state index in [1.807, 2.05) is 0 Å². The van der Waals surface area contributed by atoms with E-state index in [0.29, 0.717) is 29.9 Å². The fraction of sp³-hybridized carbons (Fsp3) is 0.886. The number of ether oxygens (including phenoxy) is 1. The van der Waals surface area contributed by atoms with Crippen LogP contribution in [0, 0.1) is 87.8 Å². The molecular weight excluding hydrogens is 478 g/mol. The van der Waals surface area contributed by atoms with Crippen molar-refractivity contribution in [2.24, 2.45) is 65.1 Å². The van der Waals surface area contributed by atoms with E-state index in [0.717, 1.165) is 60.2 Å². The number of nitrogens with one attached hydrogen (secondary N) is 1. The fourth-order valence-electron chi connectivity index (χ4n) is 11.2. The summed E-state index contributed by atoms with van der Waals surface area (Å²) in [7, 11) is 0. The molecule has 1 heterocycles. The van der Waals surface area contributed by atoms with Crippen LogP contribution >= 0.6 is 0 Å². The first-order chi connectivity index (χ1) is 19.2. The molecule has 0 amide bonds. The Kier molecular flexibility index (Phi) is 7.82. The smallest absolute Gasteiger partial charge is 0.112 e. The second-order valence-electron chi connectivity index (χ2n) is 15.3. The molecule has 1 saturated heterocycles. The molecule has 0 aromatic heterocycles. The van der Waals surface area contributed by atoms with Gasteiger partial charge in [-0.1, -0.05) is 12.2 Å². The summed E-state index contributed by atoms with van der Waals surface area (Å²) in [5, 5.41) is 23.0. The molecule has 13 atom stereocenters. The first-order valence-corrected chi connectivity index (χ1v) is 17.0. The predicted octanol–water partition coefficient (Wildman–Crippen LogP) is 7.76. The number of rotatable bonds is 3. The van der Waals surface area contributed by atoms with Gasteiger partial charge in [0.1, 0.15) is 6.23 Å². The van der Waals surface area contributed by atoms with Gasteiger partial charge >= 0.3 is 0 Å². The summed E-state index contributed by atoms with van der Waals surface area (Å²) in [6.07, 6.45) is 27.5. The van der Waals surface area contributed by atoms with Gasteiger partial charge in [-0.25, -0.2) is 0 Å². The van der Waals surface area contributed by atoms with Crippen molar-refractivity contribution in [3.05, 3.63) is 12.2 Å². The average molecular weight is 530 g/mol. The molecule has 212 valence electrons. The minimum Gasteiger partial charge on any atom is -0.354 e. The summed E-state index contributed by atoms with van der Waals surface area (Å²) in [6.45, 7) is 0.